The first-order valence-corrected chi connectivity index (χ1v) is 7.49. The Morgan fingerprint density at radius 2 is 2.32 bits per heavy atom. The minimum absolute atomic E-state index is 0. The van der Waals surface area contributed by atoms with Gasteiger partial charge in [0, 0.05) is 35.0 Å². The average molecular weight is 346 g/mol. The van der Waals surface area contributed by atoms with Crippen LogP contribution in [0.3, 0.4) is 0 Å². The quantitative estimate of drug-likeness (QED) is 0.875. The minimum atomic E-state index is 0. The maximum Gasteiger partial charge on any atom is 0.164 e. The van der Waals surface area contributed by atoms with E-state index in [0.29, 0.717) is 23.9 Å². The molecule has 3 N–H and O–H groups in total. The SMILES string of the molecule is COc1cc(Cl)cc2c1OC[C@H](N1CNC=C1CCN)C2.Cl. The van der Waals surface area contributed by atoms with Crippen LogP contribution in [0.4, 0.5) is 0 Å². The zero-order valence-corrected chi connectivity index (χ0v) is 14.0. The van der Waals surface area contributed by atoms with E-state index >= 15 is 0 Å². The van der Waals surface area contributed by atoms with Crippen molar-refractivity contribution in [1.29, 1.82) is 0 Å². The van der Waals surface area contributed by atoms with Crippen LogP contribution in [0.15, 0.2) is 24.0 Å². The number of methoxy groups -OCH3 is 1. The topological polar surface area (TPSA) is 59.8 Å². The van der Waals surface area contributed by atoms with Gasteiger partial charge in [-0.2, -0.15) is 0 Å². The summed E-state index contributed by atoms with van der Waals surface area (Å²) in [5.41, 5.74) is 8.01. The molecule has 1 aromatic carbocycles. The van der Waals surface area contributed by atoms with Gasteiger partial charge < -0.3 is 25.4 Å². The van der Waals surface area contributed by atoms with Crippen molar-refractivity contribution in [2.45, 2.75) is 18.9 Å². The predicted octanol–water partition coefficient (Wildman–Crippen LogP) is 2.13. The Labute approximate surface area is 141 Å². The van der Waals surface area contributed by atoms with Gasteiger partial charge >= 0.3 is 0 Å². The summed E-state index contributed by atoms with van der Waals surface area (Å²) < 4.78 is 11.3. The molecule has 122 valence electrons. The van der Waals surface area contributed by atoms with Crippen molar-refractivity contribution in [1.82, 2.24) is 10.2 Å². The third kappa shape index (κ3) is 3.21. The number of hydrogen-bond acceptors (Lipinski definition) is 5. The minimum Gasteiger partial charge on any atom is -0.493 e. The van der Waals surface area contributed by atoms with Crippen LogP contribution in [-0.2, 0) is 6.42 Å². The normalized spacial score (nSPS) is 19.5. The number of hydrogen-bond donors (Lipinski definition) is 2. The number of rotatable bonds is 4. The van der Waals surface area contributed by atoms with Crippen LogP contribution in [0.1, 0.15) is 12.0 Å². The molecule has 1 aromatic rings. The maximum atomic E-state index is 6.16. The summed E-state index contributed by atoms with van der Waals surface area (Å²) in [6.45, 7) is 2.08. The van der Waals surface area contributed by atoms with Gasteiger partial charge in [0.1, 0.15) is 6.61 Å². The van der Waals surface area contributed by atoms with E-state index in [4.69, 9.17) is 26.8 Å². The molecular formula is C15H21Cl2N3O2. The monoisotopic (exact) mass is 345 g/mol. The van der Waals surface area contributed by atoms with Crippen molar-refractivity contribution in [3.63, 3.8) is 0 Å². The summed E-state index contributed by atoms with van der Waals surface area (Å²) in [7, 11) is 1.63. The highest BCUT2D eigenvalue weighted by Gasteiger charge is 2.30. The van der Waals surface area contributed by atoms with Gasteiger partial charge in [0.2, 0.25) is 0 Å². The molecule has 1 atom stereocenters. The molecule has 0 aromatic heterocycles. The average Bonchev–Trinajstić information content (AvgIpc) is 2.94. The van der Waals surface area contributed by atoms with E-state index in [-0.39, 0.29) is 18.4 Å². The molecule has 5 nitrogen and oxygen atoms in total. The van der Waals surface area contributed by atoms with Crippen LogP contribution in [0.2, 0.25) is 5.02 Å². The number of nitrogens with two attached hydrogens (primary N) is 1. The molecule has 7 heteroatoms. The molecule has 0 bridgehead atoms. The largest absolute Gasteiger partial charge is 0.493 e. The Kier molecular flexibility index (Phi) is 5.67. The van der Waals surface area contributed by atoms with Crippen LogP contribution in [0, 0.1) is 0 Å². The number of nitrogens with zero attached hydrogens (tertiary/aromatic N) is 1. The first kappa shape index (κ1) is 17.1. The molecule has 2 aliphatic heterocycles. The fourth-order valence-electron chi connectivity index (χ4n) is 2.96. The van der Waals surface area contributed by atoms with Crippen molar-refractivity contribution in [3.05, 3.63) is 34.6 Å². The van der Waals surface area contributed by atoms with Gasteiger partial charge in [-0.15, -0.1) is 12.4 Å². The molecule has 2 aliphatic rings. The third-order valence-corrected chi connectivity index (χ3v) is 4.15. The van der Waals surface area contributed by atoms with Crippen molar-refractivity contribution < 1.29 is 9.47 Å². The lowest BCUT2D eigenvalue weighted by molar-refractivity contribution is 0.148. The van der Waals surface area contributed by atoms with E-state index in [9.17, 15) is 0 Å². The Morgan fingerprint density at radius 1 is 1.50 bits per heavy atom. The molecule has 0 amide bonds. The zero-order chi connectivity index (χ0) is 14.8. The Bertz CT molecular complexity index is 566. The molecule has 0 aliphatic carbocycles. The summed E-state index contributed by atoms with van der Waals surface area (Å²) in [5, 5.41) is 3.94. The second kappa shape index (κ2) is 7.31. The van der Waals surface area contributed by atoms with Crippen LogP contribution in [-0.4, -0.2) is 37.9 Å². The van der Waals surface area contributed by atoms with Gasteiger partial charge in [-0.25, -0.2) is 0 Å². The van der Waals surface area contributed by atoms with Crippen LogP contribution in [0.25, 0.3) is 0 Å². The van der Waals surface area contributed by atoms with Crippen molar-refractivity contribution >= 4 is 24.0 Å². The van der Waals surface area contributed by atoms with E-state index in [1.165, 1.54) is 5.70 Å². The fraction of sp³-hybridized carbons (Fsp3) is 0.467. The summed E-state index contributed by atoms with van der Waals surface area (Å²) >= 11 is 6.16. The highest BCUT2D eigenvalue weighted by Crippen LogP contribution is 2.39. The Balaban J connectivity index is 0.00000176. The lowest BCUT2D eigenvalue weighted by atomic mass is 10.0. The number of ether oxygens (including phenoxy) is 2. The lowest BCUT2D eigenvalue weighted by Crippen LogP contribution is -2.43. The number of nitrogens with one attached hydrogen (secondary N) is 1. The number of fused-ring (bicyclic) bond motifs is 1. The van der Waals surface area contributed by atoms with Crippen LogP contribution in [0.5, 0.6) is 11.5 Å². The molecule has 22 heavy (non-hydrogen) atoms. The standard InChI is InChI=1S/C15H20ClN3O2.ClH/c1-20-14-6-11(16)4-10-5-13(8-21-15(10)14)19-9-18-7-12(19)2-3-17;/h4,6-7,13,18H,2-3,5,8-9,17H2,1H3;1H/t13-;/m1./s1. The fourth-order valence-corrected chi connectivity index (χ4v) is 3.19. The first-order valence-electron chi connectivity index (χ1n) is 7.11. The molecule has 3 rings (SSSR count). The molecule has 0 unspecified atom stereocenters. The van der Waals surface area contributed by atoms with E-state index < -0.39 is 0 Å². The molecule has 2 heterocycles. The molecule has 0 spiro atoms. The zero-order valence-electron chi connectivity index (χ0n) is 12.5. The number of halogens is 2. The predicted molar refractivity (Wildman–Crippen MR) is 89.8 cm³/mol. The van der Waals surface area contributed by atoms with Gasteiger partial charge in [0.25, 0.3) is 0 Å². The van der Waals surface area contributed by atoms with Gasteiger partial charge in [-0.05, 0) is 19.0 Å². The van der Waals surface area contributed by atoms with E-state index in [1.807, 2.05) is 12.3 Å². The molecule has 0 saturated carbocycles. The molecule has 0 saturated heterocycles. The van der Waals surface area contributed by atoms with E-state index in [0.717, 1.165) is 30.8 Å². The Morgan fingerprint density at radius 3 is 3.05 bits per heavy atom. The molecular weight excluding hydrogens is 325 g/mol. The third-order valence-electron chi connectivity index (χ3n) is 3.93. The first-order chi connectivity index (χ1) is 10.2. The summed E-state index contributed by atoms with van der Waals surface area (Å²) in [6.07, 6.45) is 3.80. The van der Waals surface area contributed by atoms with Crippen molar-refractivity contribution in [2.75, 3.05) is 26.9 Å². The second-order valence-electron chi connectivity index (χ2n) is 5.27. The van der Waals surface area contributed by atoms with E-state index in [1.54, 1.807) is 13.2 Å². The number of benzene rings is 1. The smallest absolute Gasteiger partial charge is 0.164 e. The Hall–Kier alpha value is -1.30. The lowest BCUT2D eigenvalue weighted by Gasteiger charge is -2.35. The highest BCUT2D eigenvalue weighted by atomic mass is 35.5. The summed E-state index contributed by atoms with van der Waals surface area (Å²) in [5.74, 6) is 1.52. The highest BCUT2D eigenvalue weighted by molar-refractivity contribution is 6.30. The van der Waals surface area contributed by atoms with Gasteiger partial charge in [-0.1, -0.05) is 11.6 Å². The van der Waals surface area contributed by atoms with Crippen LogP contribution >= 0.6 is 24.0 Å². The maximum absolute atomic E-state index is 6.16. The molecule has 0 fully saturated rings. The van der Waals surface area contributed by atoms with Gasteiger partial charge in [-0.3, -0.25) is 0 Å². The van der Waals surface area contributed by atoms with Crippen LogP contribution < -0.4 is 20.5 Å². The summed E-state index contributed by atoms with van der Waals surface area (Å²) in [4.78, 5) is 2.32. The van der Waals surface area contributed by atoms with Crippen molar-refractivity contribution in [3.8, 4) is 11.5 Å². The summed E-state index contributed by atoms with van der Waals surface area (Å²) in [6, 6.07) is 4.03. The second-order valence-corrected chi connectivity index (χ2v) is 5.71. The molecule has 0 radical (unpaired) electrons. The van der Waals surface area contributed by atoms with E-state index in [2.05, 4.69) is 10.2 Å². The van der Waals surface area contributed by atoms with Crippen molar-refractivity contribution in [2.24, 2.45) is 5.73 Å². The van der Waals surface area contributed by atoms with Gasteiger partial charge in [0.15, 0.2) is 11.5 Å². The van der Waals surface area contributed by atoms with Gasteiger partial charge in [0.05, 0.1) is 19.8 Å².